The maximum Gasteiger partial charge on any atom is 0.293 e. The van der Waals surface area contributed by atoms with Crippen molar-refractivity contribution in [2.75, 3.05) is 44.3 Å². The van der Waals surface area contributed by atoms with Gasteiger partial charge in [-0.1, -0.05) is 12.2 Å². The molecule has 1 amide bonds. The first-order chi connectivity index (χ1) is 12.6. The number of ether oxygens (including phenoxy) is 1. The summed E-state index contributed by atoms with van der Waals surface area (Å²) in [6.07, 6.45) is 6.51. The topological polar surface area (TPSA) is 75.9 Å². The van der Waals surface area contributed by atoms with Crippen LogP contribution < -0.4 is 4.90 Å². The highest BCUT2D eigenvalue weighted by Gasteiger charge is 2.35. The van der Waals surface area contributed by atoms with Gasteiger partial charge in [0.2, 0.25) is 0 Å². The van der Waals surface area contributed by atoms with Gasteiger partial charge < -0.3 is 14.5 Å². The zero-order chi connectivity index (χ0) is 18.1. The molecule has 7 heteroatoms. The van der Waals surface area contributed by atoms with Crippen LogP contribution in [0, 0.1) is 22.0 Å². The second kappa shape index (κ2) is 7.07. The van der Waals surface area contributed by atoms with Crippen molar-refractivity contribution < 1.29 is 14.5 Å². The van der Waals surface area contributed by atoms with E-state index in [2.05, 4.69) is 17.1 Å². The number of carbonyl (C=O) groups is 1. The first-order valence-corrected chi connectivity index (χ1v) is 9.19. The minimum atomic E-state index is -0.369. The highest BCUT2D eigenvalue weighted by molar-refractivity contribution is 5.96. The molecule has 2 unspecified atom stereocenters. The first kappa shape index (κ1) is 17.0. The molecule has 2 saturated heterocycles. The summed E-state index contributed by atoms with van der Waals surface area (Å²) in [5, 5.41) is 11.7. The lowest BCUT2D eigenvalue weighted by Gasteiger charge is -2.27. The number of rotatable bonds is 3. The van der Waals surface area contributed by atoms with Crippen molar-refractivity contribution >= 4 is 17.3 Å². The molecule has 1 aromatic carbocycles. The number of allylic oxidation sites excluding steroid dienone is 2. The molecule has 7 nitrogen and oxygen atoms in total. The molecule has 0 saturated carbocycles. The monoisotopic (exact) mass is 357 g/mol. The van der Waals surface area contributed by atoms with E-state index in [9.17, 15) is 14.9 Å². The number of hydrogen-bond donors (Lipinski definition) is 0. The maximum atomic E-state index is 12.6. The van der Waals surface area contributed by atoms with E-state index in [-0.39, 0.29) is 16.5 Å². The van der Waals surface area contributed by atoms with Crippen molar-refractivity contribution in [3.05, 3.63) is 46.0 Å². The Morgan fingerprint density at radius 1 is 1.12 bits per heavy atom. The minimum absolute atomic E-state index is 0.0238. The average molecular weight is 357 g/mol. The minimum Gasteiger partial charge on any atom is -0.378 e. The summed E-state index contributed by atoms with van der Waals surface area (Å²) < 4.78 is 5.27. The van der Waals surface area contributed by atoms with Crippen molar-refractivity contribution in [2.24, 2.45) is 11.8 Å². The van der Waals surface area contributed by atoms with Gasteiger partial charge in [-0.05, 0) is 36.8 Å². The predicted molar refractivity (Wildman–Crippen MR) is 97.4 cm³/mol. The van der Waals surface area contributed by atoms with E-state index >= 15 is 0 Å². The molecule has 0 N–H and O–H groups in total. The molecule has 2 aliphatic heterocycles. The van der Waals surface area contributed by atoms with Crippen LogP contribution in [0.2, 0.25) is 0 Å². The fourth-order valence-corrected chi connectivity index (χ4v) is 4.23. The first-order valence-electron chi connectivity index (χ1n) is 9.19. The summed E-state index contributed by atoms with van der Waals surface area (Å²) in [5.74, 6) is 0.964. The number of fused-ring (bicyclic) bond motifs is 1. The third-order valence-corrected chi connectivity index (χ3v) is 5.68. The molecule has 26 heavy (non-hydrogen) atoms. The smallest absolute Gasteiger partial charge is 0.293 e. The van der Waals surface area contributed by atoms with Gasteiger partial charge in [0.15, 0.2) is 0 Å². The zero-order valence-corrected chi connectivity index (χ0v) is 14.7. The molecule has 2 fully saturated rings. The van der Waals surface area contributed by atoms with Gasteiger partial charge in [0.05, 0.1) is 18.1 Å². The Bertz CT molecular complexity index is 726. The predicted octanol–water partition coefficient (Wildman–Crippen LogP) is 2.47. The van der Waals surface area contributed by atoms with E-state index in [0.29, 0.717) is 49.4 Å². The van der Waals surface area contributed by atoms with Gasteiger partial charge in [-0.25, -0.2) is 0 Å². The van der Waals surface area contributed by atoms with Crippen molar-refractivity contribution in [2.45, 2.75) is 12.8 Å². The summed E-state index contributed by atoms with van der Waals surface area (Å²) in [6.45, 7) is 3.75. The van der Waals surface area contributed by atoms with Gasteiger partial charge in [-0.3, -0.25) is 14.9 Å². The number of nitrogens with zero attached hydrogens (tertiary/aromatic N) is 3. The van der Waals surface area contributed by atoms with Crippen LogP contribution in [-0.2, 0) is 4.74 Å². The third-order valence-electron chi connectivity index (χ3n) is 5.68. The molecule has 138 valence electrons. The Labute approximate surface area is 152 Å². The molecule has 2 atom stereocenters. The number of anilines is 1. The molecule has 2 heterocycles. The Balaban J connectivity index is 1.58. The van der Waals surface area contributed by atoms with Crippen LogP contribution in [0.25, 0.3) is 0 Å². The van der Waals surface area contributed by atoms with E-state index in [1.54, 1.807) is 17.0 Å². The summed E-state index contributed by atoms with van der Waals surface area (Å²) in [5.41, 5.74) is 1.03. The van der Waals surface area contributed by atoms with Crippen LogP contribution in [0.4, 0.5) is 11.4 Å². The summed E-state index contributed by atoms with van der Waals surface area (Å²) in [7, 11) is 0. The van der Waals surface area contributed by atoms with Gasteiger partial charge in [-0.15, -0.1) is 0 Å². The fraction of sp³-hybridized carbons (Fsp3) is 0.526. The van der Waals surface area contributed by atoms with Gasteiger partial charge in [0.1, 0.15) is 5.69 Å². The van der Waals surface area contributed by atoms with Gasteiger partial charge in [0.25, 0.3) is 11.6 Å². The lowest BCUT2D eigenvalue weighted by molar-refractivity contribution is -0.384. The highest BCUT2D eigenvalue weighted by atomic mass is 16.6. The Kier molecular flexibility index (Phi) is 4.63. The SMILES string of the molecule is O=C(c1ccc(N2CC3CC=CCC3C2)c([N+](=O)[O-])c1)N1CCOCC1. The van der Waals surface area contributed by atoms with E-state index in [1.165, 1.54) is 6.07 Å². The number of amides is 1. The number of hydrogen-bond acceptors (Lipinski definition) is 5. The van der Waals surface area contributed by atoms with E-state index in [1.807, 2.05) is 0 Å². The Morgan fingerprint density at radius 2 is 1.77 bits per heavy atom. The van der Waals surface area contributed by atoms with Crippen LogP contribution in [-0.4, -0.2) is 55.1 Å². The van der Waals surface area contributed by atoms with E-state index < -0.39 is 0 Å². The second-order valence-corrected chi connectivity index (χ2v) is 7.23. The number of morpholine rings is 1. The van der Waals surface area contributed by atoms with E-state index in [4.69, 9.17) is 4.74 Å². The van der Waals surface area contributed by atoms with Crippen molar-refractivity contribution in [1.29, 1.82) is 0 Å². The third kappa shape index (κ3) is 3.19. The molecule has 1 aliphatic carbocycles. The molecule has 1 aromatic rings. The van der Waals surface area contributed by atoms with Crippen LogP contribution in [0.1, 0.15) is 23.2 Å². The lowest BCUT2D eigenvalue weighted by Crippen LogP contribution is -2.40. The number of carbonyl (C=O) groups excluding carboxylic acids is 1. The molecule has 0 radical (unpaired) electrons. The molecule has 0 aromatic heterocycles. The molecule has 0 spiro atoms. The van der Waals surface area contributed by atoms with Crippen LogP contribution >= 0.6 is 0 Å². The maximum absolute atomic E-state index is 12.6. The summed E-state index contributed by atoms with van der Waals surface area (Å²) in [4.78, 5) is 27.7. The van der Waals surface area contributed by atoms with Crippen molar-refractivity contribution in [3.63, 3.8) is 0 Å². The molecule has 4 rings (SSSR count). The Hall–Kier alpha value is -2.41. The quantitative estimate of drug-likeness (QED) is 0.472. The van der Waals surface area contributed by atoms with Crippen LogP contribution in [0.3, 0.4) is 0 Å². The van der Waals surface area contributed by atoms with Gasteiger partial charge in [-0.2, -0.15) is 0 Å². The molecular weight excluding hydrogens is 334 g/mol. The zero-order valence-electron chi connectivity index (χ0n) is 14.7. The fourth-order valence-electron chi connectivity index (χ4n) is 4.23. The molecule has 3 aliphatic rings. The summed E-state index contributed by atoms with van der Waals surface area (Å²) >= 11 is 0. The second-order valence-electron chi connectivity index (χ2n) is 7.23. The lowest BCUT2D eigenvalue weighted by atomic mass is 9.86. The molecular formula is C19H23N3O4. The summed E-state index contributed by atoms with van der Waals surface area (Å²) in [6, 6.07) is 4.91. The largest absolute Gasteiger partial charge is 0.378 e. The van der Waals surface area contributed by atoms with Gasteiger partial charge in [0, 0.05) is 37.8 Å². The number of nitro groups is 1. The normalized spacial score (nSPS) is 25.2. The Morgan fingerprint density at radius 3 is 2.38 bits per heavy atom. The number of nitro benzene ring substituents is 1. The molecule has 0 bridgehead atoms. The van der Waals surface area contributed by atoms with Crippen molar-refractivity contribution in [3.8, 4) is 0 Å². The van der Waals surface area contributed by atoms with Gasteiger partial charge >= 0.3 is 0 Å². The van der Waals surface area contributed by atoms with Crippen LogP contribution in [0.15, 0.2) is 30.4 Å². The number of benzene rings is 1. The van der Waals surface area contributed by atoms with Crippen LogP contribution in [0.5, 0.6) is 0 Å². The standard InChI is InChI=1S/C19H23N3O4/c23-19(20-7-9-26-10-8-20)14-5-6-17(18(11-14)22(24)25)21-12-15-3-1-2-4-16(15)13-21/h1-2,5-6,11,15-16H,3-4,7-10,12-13H2. The average Bonchev–Trinajstić information content (AvgIpc) is 3.11. The van der Waals surface area contributed by atoms with E-state index in [0.717, 1.165) is 25.9 Å². The highest BCUT2D eigenvalue weighted by Crippen LogP contribution is 2.39. The van der Waals surface area contributed by atoms with Crippen molar-refractivity contribution in [1.82, 2.24) is 4.90 Å².